The molecule has 2 heterocycles. The number of rotatable bonds is 7. The third-order valence-corrected chi connectivity index (χ3v) is 5.80. The fourth-order valence-electron chi connectivity index (χ4n) is 3.08. The van der Waals surface area contributed by atoms with Crippen molar-refractivity contribution in [2.45, 2.75) is 51.6 Å². The molecule has 1 fully saturated rings. The summed E-state index contributed by atoms with van der Waals surface area (Å²) in [6.45, 7) is 3.35. The highest BCUT2D eigenvalue weighted by atomic mass is 32.2. The van der Waals surface area contributed by atoms with E-state index >= 15 is 0 Å². The molecule has 0 aromatic carbocycles. The zero-order chi connectivity index (χ0) is 18.4. The summed E-state index contributed by atoms with van der Waals surface area (Å²) in [6, 6.07) is 1.60. The Bertz CT molecular complexity index is 673. The van der Waals surface area contributed by atoms with E-state index in [0.29, 0.717) is 31.8 Å². The molecule has 1 atom stereocenters. The first-order valence-corrected chi connectivity index (χ1v) is 10.6. The summed E-state index contributed by atoms with van der Waals surface area (Å²) in [5.41, 5.74) is 0.863. The van der Waals surface area contributed by atoms with Crippen LogP contribution in [0.5, 0.6) is 0 Å². The SMILES string of the molecule is CCc1cc(CN(C)C(=O)NCCC2CCCCN2S(C)(=O)=O)on1. The maximum absolute atomic E-state index is 12.2. The summed E-state index contributed by atoms with van der Waals surface area (Å²) in [6.07, 6.45) is 5.42. The van der Waals surface area contributed by atoms with Crippen LogP contribution >= 0.6 is 0 Å². The topological polar surface area (TPSA) is 95.8 Å². The van der Waals surface area contributed by atoms with Crippen LogP contribution in [0, 0.1) is 0 Å². The van der Waals surface area contributed by atoms with Crippen LogP contribution in [-0.4, -0.2) is 61.2 Å². The molecular formula is C16H28N4O4S. The van der Waals surface area contributed by atoms with Crippen LogP contribution in [0.25, 0.3) is 0 Å². The smallest absolute Gasteiger partial charge is 0.317 e. The molecule has 142 valence electrons. The maximum Gasteiger partial charge on any atom is 0.317 e. The fourth-order valence-corrected chi connectivity index (χ4v) is 4.30. The summed E-state index contributed by atoms with van der Waals surface area (Å²) in [7, 11) is -1.50. The Kier molecular flexibility index (Phi) is 6.83. The Morgan fingerprint density at radius 2 is 2.24 bits per heavy atom. The Morgan fingerprint density at radius 3 is 2.88 bits per heavy atom. The molecule has 1 N–H and O–H groups in total. The van der Waals surface area contributed by atoms with Crippen LogP contribution in [0.4, 0.5) is 4.79 Å². The second-order valence-electron chi connectivity index (χ2n) is 6.54. The van der Waals surface area contributed by atoms with Crippen LogP contribution in [0.1, 0.15) is 44.1 Å². The number of carbonyl (C=O) groups is 1. The number of urea groups is 1. The van der Waals surface area contributed by atoms with Gasteiger partial charge in [0.15, 0.2) is 5.76 Å². The van der Waals surface area contributed by atoms with E-state index in [1.54, 1.807) is 11.4 Å². The summed E-state index contributed by atoms with van der Waals surface area (Å²) in [5, 5.41) is 6.75. The molecule has 1 aliphatic rings. The van der Waals surface area contributed by atoms with E-state index in [0.717, 1.165) is 31.4 Å². The minimum atomic E-state index is -3.19. The Labute approximate surface area is 149 Å². The van der Waals surface area contributed by atoms with Crippen molar-refractivity contribution in [1.29, 1.82) is 0 Å². The molecule has 0 bridgehead atoms. The van der Waals surface area contributed by atoms with Gasteiger partial charge in [0.25, 0.3) is 0 Å². The maximum atomic E-state index is 12.2. The number of piperidine rings is 1. The van der Waals surface area contributed by atoms with Crippen molar-refractivity contribution in [2.75, 3.05) is 26.4 Å². The van der Waals surface area contributed by atoms with E-state index in [1.807, 2.05) is 13.0 Å². The first-order valence-electron chi connectivity index (χ1n) is 8.71. The molecular weight excluding hydrogens is 344 g/mol. The van der Waals surface area contributed by atoms with Crippen molar-refractivity contribution < 1.29 is 17.7 Å². The standard InChI is InChI=1S/C16H28N4O4S/c1-4-13-11-15(24-18-13)12-19(2)16(21)17-9-8-14-7-5-6-10-20(14)25(3,22)23/h11,14H,4-10,12H2,1-3H3,(H,17,21). The van der Waals surface area contributed by atoms with E-state index in [4.69, 9.17) is 4.52 Å². The molecule has 2 rings (SSSR count). The first kappa shape index (κ1) is 19.7. The van der Waals surface area contributed by atoms with Gasteiger partial charge in [-0.25, -0.2) is 13.2 Å². The lowest BCUT2D eigenvalue weighted by Crippen LogP contribution is -2.45. The van der Waals surface area contributed by atoms with Crippen molar-refractivity contribution in [1.82, 2.24) is 19.7 Å². The highest BCUT2D eigenvalue weighted by molar-refractivity contribution is 7.88. The predicted molar refractivity (Wildman–Crippen MR) is 94.6 cm³/mol. The summed E-state index contributed by atoms with van der Waals surface area (Å²) < 4.78 is 30.4. The average Bonchev–Trinajstić information content (AvgIpc) is 3.01. The highest BCUT2D eigenvalue weighted by Crippen LogP contribution is 2.21. The van der Waals surface area contributed by atoms with Crippen molar-refractivity contribution in [3.63, 3.8) is 0 Å². The van der Waals surface area contributed by atoms with E-state index in [9.17, 15) is 13.2 Å². The molecule has 2 amide bonds. The molecule has 1 saturated heterocycles. The summed E-state index contributed by atoms with van der Waals surface area (Å²) >= 11 is 0. The molecule has 1 aromatic heterocycles. The Morgan fingerprint density at radius 1 is 1.48 bits per heavy atom. The third-order valence-electron chi connectivity index (χ3n) is 4.46. The van der Waals surface area contributed by atoms with Crippen LogP contribution < -0.4 is 5.32 Å². The molecule has 0 spiro atoms. The van der Waals surface area contributed by atoms with Crippen LogP contribution in [0.3, 0.4) is 0 Å². The van der Waals surface area contributed by atoms with Gasteiger partial charge in [0, 0.05) is 32.2 Å². The number of nitrogens with zero attached hydrogens (tertiary/aromatic N) is 3. The van der Waals surface area contributed by atoms with Gasteiger partial charge in [0.1, 0.15) is 0 Å². The second-order valence-corrected chi connectivity index (χ2v) is 8.47. The molecule has 0 aliphatic carbocycles. The number of carbonyl (C=O) groups excluding carboxylic acids is 1. The molecule has 8 nitrogen and oxygen atoms in total. The highest BCUT2D eigenvalue weighted by Gasteiger charge is 2.29. The van der Waals surface area contributed by atoms with Gasteiger partial charge in [-0.2, -0.15) is 4.31 Å². The van der Waals surface area contributed by atoms with Crippen molar-refractivity contribution in [3.8, 4) is 0 Å². The van der Waals surface area contributed by atoms with Gasteiger partial charge in [0.05, 0.1) is 18.5 Å². The molecule has 25 heavy (non-hydrogen) atoms. The fraction of sp³-hybridized carbons (Fsp3) is 0.750. The first-order chi connectivity index (χ1) is 11.8. The monoisotopic (exact) mass is 372 g/mol. The number of amides is 2. The summed E-state index contributed by atoms with van der Waals surface area (Å²) in [4.78, 5) is 13.7. The largest absolute Gasteiger partial charge is 0.359 e. The van der Waals surface area contributed by atoms with Crippen molar-refractivity contribution in [3.05, 3.63) is 17.5 Å². The van der Waals surface area contributed by atoms with Crippen molar-refractivity contribution in [2.24, 2.45) is 0 Å². The number of aryl methyl sites for hydroxylation is 1. The number of hydrogen-bond donors (Lipinski definition) is 1. The number of sulfonamides is 1. The Hall–Kier alpha value is -1.61. The van der Waals surface area contributed by atoms with Gasteiger partial charge in [0.2, 0.25) is 10.0 Å². The van der Waals surface area contributed by atoms with Gasteiger partial charge in [-0.15, -0.1) is 0 Å². The van der Waals surface area contributed by atoms with Gasteiger partial charge in [-0.3, -0.25) is 0 Å². The van der Waals surface area contributed by atoms with E-state index < -0.39 is 10.0 Å². The van der Waals surface area contributed by atoms with E-state index in [2.05, 4.69) is 10.5 Å². The lowest BCUT2D eigenvalue weighted by molar-refractivity contribution is 0.197. The molecule has 1 aromatic rings. The lowest BCUT2D eigenvalue weighted by Gasteiger charge is -2.33. The summed E-state index contributed by atoms with van der Waals surface area (Å²) in [5.74, 6) is 0.644. The van der Waals surface area contributed by atoms with Gasteiger partial charge >= 0.3 is 6.03 Å². The minimum absolute atomic E-state index is 0.0317. The van der Waals surface area contributed by atoms with Crippen molar-refractivity contribution >= 4 is 16.1 Å². The number of nitrogens with one attached hydrogen (secondary N) is 1. The molecule has 1 aliphatic heterocycles. The van der Waals surface area contributed by atoms with Gasteiger partial charge in [-0.05, 0) is 25.7 Å². The van der Waals surface area contributed by atoms with Gasteiger partial charge < -0.3 is 14.7 Å². The van der Waals surface area contributed by atoms with Crippen LogP contribution in [0.15, 0.2) is 10.6 Å². The zero-order valence-electron chi connectivity index (χ0n) is 15.2. The molecule has 0 saturated carbocycles. The number of aromatic nitrogens is 1. The average molecular weight is 372 g/mol. The molecule has 1 unspecified atom stereocenters. The second kappa shape index (κ2) is 8.66. The quantitative estimate of drug-likeness (QED) is 0.784. The molecule has 9 heteroatoms. The number of hydrogen-bond acceptors (Lipinski definition) is 5. The molecule has 0 radical (unpaired) electrons. The normalized spacial score (nSPS) is 18.9. The van der Waals surface area contributed by atoms with E-state index in [-0.39, 0.29) is 12.1 Å². The van der Waals surface area contributed by atoms with Gasteiger partial charge in [-0.1, -0.05) is 18.5 Å². The van der Waals surface area contributed by atoms with Crippen LogP contribution in [0.2, 0.25) is 0 Å². The minimum Gasteiger partial charge on any atom is -0.359 e. The third kappa shape index (κ3) is 5.71. The Balaban J connectivity index is 1.78. The lowest BCUT2D eigenvalue weighted by atomic mass is 10.0. The zero-order valence-corrected chi connectivity index (χ0v) is 16.0. The van der Waals surface area contributed by atoms with E-state index in [1.165, 1.54) is 11.2 Å². The van der Waals surface area contributed by atoms with Crippen LogP contribution in [-0.2, 0) is 23.0 Å². The predicted octanol–water partition coefficient (Wildman–Crippen LogP) is 1.58.